The molecule has 2 fully saturated rings. The zero-order valence-corrected chi connectivity index (χ0v) is 19.4. The van der Waals surface area contributed by atoms with E-state index in [0.717, 1.165) is 38.8 Å². The summed E-state index contributed by atoms with van der Waals surface area (Å²) in [6, 6.07) is 5.23. The third kappa shape index (κ3) is 6.34. The number of para-hydroxylation sites is 1. The summed E-state index contributed by atoms with van der Waals surface area (Å²) in [5.74, 6) is -0.0666. The molecular formula is C22H25Cl2N7O2. The first kappa shape index (κ1) is 23.3. The van der Waals surface area contributed by atoms with Crippen molar-refractivity contribution >= 4 is 47.0 Å². The van der Waals surface area contributed by atoms with Crippen LogP contribution in [0.25, 0.3) is 0 Å². The molecule has 9 nitrogen and oxygen atoms in total. The van der Waals surface area contributed by atoms with Crippen LogP contribution in [0.3, 0.4) is 0 Å². The minimum atomic E-state index is -0.478. The number of nitrogens with two attached hydrogens (primary N) is 1. The molecular weight excluding hydrogens is 465 g/mol. The fraction of sp³-hybridized carbons (Fsp3) is 0.364. The predicted molar refractivity (Wildman–Crippen MR) is 130 cm³/mol. The number of nitrogens with zero attached hydrogens (tertiary/aromatic N) is 3. The topological polar surface area (TPSA) is 127 Å². The molecule has 5 N–H and O–H groups in total. The molecule has 1 amide bonds. The van der Waals surface area contributed by atoms with Gasteiger partial charge in [0.1, 0.15) is 11.7 Å². The van der Waals surface area contributed by atoms with E-state index in [1.165, 1.54) is 12.4 Å². The van der Waals surface area contributed by atoms with Crippen molar-refractivity contribution < 1.29 is 9.53 Å². The maximum absolute atomic E-state index is 12.9. The first-order valence-corrected chi connectivity index (χ1v) is 11.5. The summed E-state index contributed by atoms with van der Waals surface area (Å²) in [6.45, 7) is 1.90. The lowest BCUT2D eigenvalue weighted by atomic mass is 10.1. The number of allylic oxidation sites excluding steroid dienone is 1. The largest absolute Gasteiger partial charge is 0.474 e. The van der Waals surface area contributed by atoms with Gasteiger partial charge in [-0.3, -0.25) is 9.79 Å². The molecule has 0 atom stereocenters. The zero-order chi connectivity index (χ0) is 23.2. The Morgan fingerprint density at radius 2 is 1.91 bits per heavy atom. The van der Waals surface area contributed by atoms with Crippen LogP contribution in [0.4, 0.5) is 11.6 Å². The van der Waals surface area contributed by atoms with Crippen molar-refractivity contribution in [2.45, 2.75) is 37.8 Å². The normalized spacial score (nSPS) is 17.2. The fourth-order valence-electron chi connectivity index (χ4n) is 3.20. The Balaban J connectivity index is 1.51. The number of halogens is 2. The SMILES string of the molecule is N/C=C(\C=NC1CCNCC1)Nc1ncc(C(=O)Nc2c(Cl)cccc2Cl)c(OC2CC2)n1. The summed E-state index contributed by atoms with van der Waals surface area (Å²) in [5.41, 5.74) is 6.78. The van der Waals surface area contributed by atoms with Gasteiger partial charge in [0, 0.05) is 18.6 Å². The number of hydrogen-bond donors (Lipinski definition) is 4. The number of ether oxygens (including phenoxy) is 1. The minimum Gasteiger partial charge on any atom is -0.474 e. The van der Waals surface area contributed by atoms with Gasteiger partial charge in [-0.1, -0.05) is 29.3 Å². The van der Waals surface area contributed by atoms with E-state index < -0.39 is 5.91 Å². The molecule has 1 aromatic heterocycles. The number of aromatic nitrogens is 2. The van der Waals surface area contributed by atoms with Crippen molar-refractivity contribution in [1.82, 2.24) is 15.3 Å². The lowest BCUT2D eigenvalue weighted by Gasteiger charge is -2.18. The number of anilines is 2. The third-order valence-corrected chi connectivity index (χ3v) is 5.80. The Morgan fingerprint density at radius 1 is 1.18 bits per heavy atom. The molecule has 1 aliphatic heterocycles. The van der Waals surface area contributed by atoms with Gasteiger partial charge in [-0.25, -0.2) is 4.98 Å². The quantitative estimate of drug-likeness (QED) is 0.417. The molecule has 4 rings (SSSR count). The monoisotopic (exact) mass is 489 g/mol. The summed E-state index contributed by atoms with van der Waals surface area (Å²) >= 11 is 12.3. The predicted octanol–water partition coefficient (Wildman–Crippen LogP) is 3.61. The van der Waals surface area contributed by atoms with Crippen LogP contribution < -0.4 is 26.4 Å². The maximum atomic E-state index is 12.9. The van der Waals surface area contributed by atoms with Gasteiger partial charge in [-0.05, 0) is 50.9 Å². The van der Waals surface area contributed by atoms with E-state index in [9.17, 15) is 4.79 Å². The van der Waals surface area contributed by atoms with Crippen molar-refractivity contribution in [1.29, 1.82) is 0 Å². The van der Waals surface area contributed by atoms with Gasteiger partial charge >= 0.3 is 0 Å². The number of benzene rings is 1. The molecule has 2 aliphatic rings. The van der Waals surface area contributed by atoms with E-state index in [-0.39, 0.29) is 29.5 Å². The Bertz CT molecular complexity index is 1050. The second-order valence-corrected chi connectivity index (χ2v) is 8.60. The van der Waals surface area contributed by atoms with Crippen LogP contribution in [0.1, 0.15) is 36.0 Å². The van der Waals surface area contributed by atoms with Crippen LogP contribution in [-0.2, 0) is 0 Å². The molecule has 1 aromatic carbocycles. The smallest absolute Gasteiger partial charge is 0.262 e. The molecule has 0 unspecified atom stereocenters. The molecule has 1 saturated carbocycles. The number of nitrogens with one attached hydrogen (secondary N) is 3. The number of piperidine rings is 1. The van der Waals surface area contributed by atoms with Crippen LogP contribution in [0.5, 0.6) is 5.88 Å². The Morgan fingerprint density at radius 3 is 2.58 bits per heavy atom. The van der Waals surface area contributed by atoms with Gasteiger partial charge in [0.2, 0.25) is 11.8 Å². The average molecular weight is 490 g/mol. The van der Waals surface area contributed by atoms with Crippen molar-refractivity contribution in [2.24, 2.45) is 10.7 Å². The molecule has 11 heteroatoms. The van der Waals surface area contributed by atoms with Crippen molar-refractivity contribution in [3.63, 3.8) is 0 Å². The number of carbonyl (C=O) groups is 1. The van der Waals surface area contributed by atoms with E-state index in [0.29, 0.717) is 21.4 Å². The summed E-state index contributed by atoms with van der Waals surface area (Å²) in [7, 11) is 0. The third-order valence-electron chi connectivity index (χ3n) is 5.17. The Hall–Kier alpha value is -2.88. The Labute approximate surface area is 201 Å². The summed E-state index contributed by atoms with van der Waals surface area (Å²) in [4.78, 5) is 26.2. The standard InChI is InChI=1S/C22H25Cl2N7O2/c23-17-2-1-3-18(24)19(17)30-20(32)16-12-28-22(31-21(16)33-15-4-5-15)29-14(10-25)11-27-13-6-8-26-9-7-13/h1-3,10-13,15,26H,4-9,25H2,(H,30,32)(H,28,29,31)/b14-10+,27-11?. The summed E-state index contributed by atoms with van der Waals surface area (Å²) in [6.07, 6.45) is 8.25. The minimum absolute atomic E-state index is 0.0224. The van der Waals surface area contributed by atoms with Gasteiger partial charge in [0.15, 0.2) is 0 Å². The molecule has 1 saturated heterocycles. The van der Waals surface area contributed by atoms with E-state index in [4.69, 9.17) is 33.7 Å². The van der Waals surface area contributed by atoms with E-state index in [1.807, 2.05) is 0 Å². The first-order valence-electron chi connectivity index (χ1n) is 10.8. The van der Waals surface area contributed by atoms with Crippen molar-refractivity contribution in [3.8, 4) is 5.88 Å². The lowest BCUT2D eigenvalue weighted by molar-refractivity contribution is 0.102. The highest BCUT2D eigenvalue weighted by Gasteiger charge is 2.28. The second-order valence-electron chi connectivity index (χ2n) is 7.79. The number of carbonyl (C=O) groups excluding carboxylic acids is 1. The van der Waals surface area contributed by atoms with Crippen LogP contribution >= 0.6 is 23.2 Å². The number of rotatable bonds is 8. The highest BCUT2D eigenvalue weighted by Crippen LogP contribution is 2.32. The van der Waals surface area contributed by atoms with Crippen LogP contribution in [0.15, 0.2) is 41.3 Å². The lowest BCUT2D eigenvalue weighted by Crippen LogP contribution is -2.30. The molecule has 2 heterocycles. The second kappa shape index (κ2) is 10.8. The first-order chi connectivity index (χ1) is 16.0. The molecule has 0 spiro atoms. The maximum Gasteiger partial charge on any atom is 0.262 e. The fourth-order valence-corrected chi connectivity index (χ4v) is 3.69. The molecule has 1 aliphatic carbocycles. The average Bonchev–Trinajstić information content (AvgIpc) is 3.64. The Kier molecular flexibility index (Phi) is 7.64. The molecule has 2 aromatic rings. The van der Waals surface area contributed by atoms with Crippen LogP contribution in [0, 0.1) is 0 Å². The summed E-state index contributed by atoms with van der Waals surface area (Å²) < 4.78 is 5.88. The van der Waals surface area contributed by atoms with Gasteiger partial charge in [0.05, 0.1) is 27.5 Å². The van der Waals surface area contributed by atoms with Gasteiger partial charge in [-0.2, -0.15) is 4.98 Å². The molecule has 174 valence electrons. The molecule has 0 bridgehead atoms. The van der Waals surface area contributed by atoms with E-state index in [2.05, 4.69) is 30.9 Å². The molecule has 33 heavy (non-hydrogen) atoms. The highest BCUT2D eigenvalue weighted by molar-refractivity contribution is 6.40. The van der Waals surface area contributed by atoms with Crippen LogP contribution in [0.2, 0.25) is 10.0 Å². The number of amides is 1. The number of aliphatic imine (C=N–C) groups is 1. The number of hydrogen-bond acceptors (Lipinski definition) is 8. The van der Waals surface area contributed by atoms with Crippen LogP contribution in [-0.4, -0.2) is 47.3 Å². The van der Waals surface area contributed by atoms with Gasteiger partial charge in [0.25, 0.3) is 5.91 Å². The van der Waals surface area contributed by atoms with Crippen molar-refractivity contribution in [3.05, 3.63) is 51.9 Å². The van der Waals surface area contributed by atoms with Gasteiger partial charge < -0.3 is 26.4 Å². The molecule has 0 radical (unpaired) electrons. The zero-order valence-electron chi connectivity index (χ0n) is 17.9. The highest BCUT2D eigenvalue weighted by atomic mass is 35.5. The van der Waals surface area contributed by atoms with E-state index in [1.54, 1.807) is 24.4 Å². The van der Waals surface area contributed by atoms with Crippen molar-refractivity contribution in [2.75, 3.05) is 23.7 Å². The summed E-state index contributed by atoms with van der Waals surface area (Å²) in [5, 5.41) is 9.71. The van der Waals surface area contributed by atoms with E-state index >= 15 is 0 Å². The van der Waals surface area contributed by atoms with Gasteiger partial charge in [-0.15, -0.1) is 0 Å².